The van der Waals surface area contributed by atoms with Gasteiger partial charge in [-0.25, -0.2) is 0 Å². The van der Waals surface area contributed by atoms with Gasteiger partial charge in [-0.1, -0.05) is 195 Å². The number of fused-ring (bicyclic) bond motifs is 4. The average molecular weight is 722 g/mol. The molecular weight excluding hydrogens is 675 g/mol. The van der Waals surface area contributed by atoms with E-state index in [4.69, 9.17) is 0 Å². The summed E-state index contributed by atoms with van der Waals surface area (Å²) >= 11 is 0. The molecule has 1 heteroatoms. The number of allylic oxidation sites excluding steroid dienone is 12. The summed E-state index contributed by atoms with van der Waals surface area (Å²) in [5.74, 6) is 0. The molecule has 0 amide bonds. The number of aliphatic imine (C=N–C) groups is 1. The molecular formula is C55H47N. The first-order chi connectivity index (χ1) is 27.6. The lowest BCUT2D eigenvalue weighted by Crippen LogP contribution is -2.29. The van der Waals surface area contributed by atoms with Crippen molar-refractivity contribution in [3.05, 3.63) is 245 Å². The molecule has 272 valence electrons. The second-order valence-electron chi connectivity index (χ2n) is 13.9. The van der Waals surface area contributed by atoms with E-state index in [0.717, 1.165) is 16.9 Å². The number of rotatable bonds is 12. The summed E-state index contributed by atoms with van der Waals surface area (Å²) in [7, 11) is 0. The lowest BCUT2D eigenvalue weighted by atomic mass is 9.69. The quantitative estimate of drug-likeness (QED) is 0.0881. The van der Waals surface area contributed by atoms with Crippen LogP contribution in [0.5, 0.6) is 0 Å². The second kappa shape index (κ2) is 18.0. The second-order valence-corrected chi connectivity index (χ2v) is 13.9. The highest BCUT2D eigenvalue weighted by atomic mass is 14.7. The zero-order chi connectivity index (χ0) is 38.6. The van der Waals surface area contributed by atoms with Crippen LogP contribution in [0.3, 0.4) is 0 Å². The highest BCUT2D eigenvalue weighted by Gasteiger charge is 2.44. The fourth-order valence-electron chi connectivity index (χ4n) is 7.69. The zero-order valence-corrected chi connectivity index (χ0v) is 32.2. The Labute approximate surface area is 332 Å². The normalized spacial score (nSPS) is 16.3. The van der Waals surface area contributed by atoms with Crippen molar-refractivity contribution in [3.8, 4) is 22.3 Å². The molecule has 0 heterocycles. The van der Waals surface area contributed by atoms with Crippen molar-refractivity contribution in [1.29, 1.82) is 0 Å². The minimum Gasteiger partial charge on any atom is -0.258 e. The maximum Gasteiger partial charge on any atom is 0.0564 e. The summed E-state index contributed by atoms with van der Waals surface area (Å²) in [5, 5.41) is 4.74. The van der Waals surface area contributed by atoms with Crippen molar-refractivity contribution in [2.24, 2.45) is 4.99 Å². The summed E-state index contributed by atoms with van der Waals surface area (Å²) in [6.45, 7) is 8.25. The highest BCUT2D eigenvalue weighted by Crippen LogP contribution is 2.55. The van der Waals surface area contributed by atoms with E-state index in [2.05, 4.69) is 175 Å². The highest BCUT2D eigenvalue weighted by molar-refractivity contribution is 5.90. The number of hydrogen-bond donors (Lipinski definition) is 0. The molecule has 1 nitrogen and oxygen atoms in total. The fourth-order valence-corrected chi connectivity index (χ4v) is 7.69. The number of nitrogens with zero attached hydrogens (tertiary/aromatic N) is 1. The Morgan fingerprint density at radius 1 is 0.554 bits per heavy atom. The van der Waals surface area contributed by atoms with E-state index in [9.17, 15) is 0 Å². The minimum absolute atomic E-state index is 0.410. The van der Waals surface area contributed by atoms with E-state index in [1.165, 1.54) is 55.3 Å². The predicted octanol–water partition coefficient (Wildman–Crippen LogP) is 12.9. The maximum atomic E-state index is 4.57. The largest absolute Gasteiger partial charge is 0.258 e. The summed E-state index contributed by atoms with van der Waals surface area (Å²) in [6, 6.07) is 49.1. The molecule has 0 aliphatic heterocycles. The van der Waals surface area contributed by atoms with Crippen molar-refractivity contribution < 1.29 is 0 Å². The van der Waals surface area contributed by atoms with Crippen molar-refractivity contribution in [2.45, 2.75) is 25.7 Å². The lowest BCUT2D eigenvalue weighted by Gasteiger charge is -2.32. The predicted molar refractivity (Wildman–Crippen MR) is 244 cm³/mol. The first-order valence-corrected chi connectivity index (χ1v) is 19.4. The van der Waals surface area contributed by atoms with E-state index in [1.54, 1.807) is 6.21 Å². The Morgan fingerprint density at radius 3 is 2.07 bits per heavy atom. The molecule has 0 aromatic heterocycles. The van der Waals surface area contributed by atoms with Crippen molar-refractivity contribution in [2.75, 3.05) is 0 Å². The minimum atomic E-state index is -0.410. The van der Waals surface area contributed by atoms with Gasteiger partial charge in [0.2, 0.25) is 0 Å². The Hall–Kier alpha value is -6.83. The Morgan fingerprint density at radius 2 is 1.23 bits per heavy atom. The van der Waals surface area contributed by atoms with E-state index < -0.39 is 5.41 Å². The van der Waals surface area contributed by atoms with Crippen LogP contribution in [0, 0.1) is 0 Å². The molecule has 7 rings (SSSR count). The van der Waals surface area contributed by atoms with Crippen molar-refractivity contribution >= 4 is 35.2 Å². The SMILES string of the molecule is C=C(C=c1cccc/c1=C/CC1(c2ccc3ccccc3c2)c2ccccc2-c2cc(-c3cccc(\C=C/C=C\C=C/C=C/C)c3)ccc21)N=C/C=C\C=C/C. The third kappa shape index (κ3) is 8.28. The van der Waals surface area contributed by atoms with Crippen LogP contribution in [0.4, 0.5) is 0 Å². The molecule has 1 atom stereocenters. The van der Waals surface area contributed by atoms with Gasteiger partial charge < -0.3 is 0 Å². The molecule has 0 spiro atoms. The van der Waals surface area contributed by atoms with Gasteiger partial charge in [0, 0.05) is 11.6 Å². The van der Waals surface area contributed by atoms with Gasteiger partial charge in [-0.2, -0.15) is 0 Å². The smallest absolute Gasteiger partial charge is 0.0564 e. The lowest BCUT2D eigenvalue weighted by molar-refractivity contribution is 0.662. The van der Waals surface area contributed by atoms with E-state index in [-0.39, 0.29) is 0 Å². The van der Waals surface area contributed by atoms with Crippen molar-refractivity contribution in [3.63, 3.8) is 0 Å². The van der Waals surface area contributed by atoms with E-state index in [0.29, 0.717) is 5.70 Å². The summed E-state index contributed by atoms with van der Waals surface area (Å²) in [4.78, 5) is 4.57. The zero-order valence-electron chi connectivity index (χ0n) is 32.2. The van der Waals surface area contributed by atoms with Gasteiger partial charge in [0.15, 0.2) is 0 Å². The van der Waals surface area contributed by atoms with Gasteiger partial charge in [-0.05, 0) is 116 Å². The standard InChI is InChI=1S/C55H47N/c1-4-6-8-10-11-12-13-22-43-23-21-28-47(39-43)49-32-34-54-52(41-49)51-29-18-19-30-53(51)55(54,50-33-31-44-24-14-17-27-48(44)40-50)36-35-45-25-15-16-26-46(45)38-42(3)56-37-20-9-7-5-2/h4-35,37-41H,3,36H2,1-2H3/b6-4+,7-5-,10-8-,12-11-,20-9-,22-13-,45-35-,46-38?,56-37?. The van der Waals surface area contributed by atoms with Gasteiger partial charge >= 0.3 is 0 Å². The molecule has 56 heavy (non-hydrogen) atoms. The Kier molecular flexibility index (Phi) is 12.0. The van der Waals surface area contributed by atoms with Crippen LogP contribution in [-0.2, 0) is 5.41 Å². The number of benzene rings is 6. The molecule has 0 radical (unpaired) electrons. The first kappa shape index (κ1) is 37.5. The third-order valence-corrected chi connectivity index (χ3v) is 10.3. The summed E-state index contributed by atoms with van der Waals surface area (Å²) in [5.41, 5.74) is 10.4. The third-order valence-electron chi connectivity index (χ3n) is 10.3. The van der Waals surface area contributed by atoms with Gasteiger partial charge in [0.05, 0.1) is 5.70 Å². The van der Waals surface area contributed by atoms with Crippen LogP contribution in [0.2, 0.25) is 0 Å². The molecule has 6 aromatic rings. The van der Waals surface area contributed by atoms with E-state index >= 15 is 0 Å². The number of hydrogen-bond acceptors (Lipinski definition) is 1. The molecule has 0 N–H and O–H groups in total. The van der Waals surface area contributed by atoms with Crippen LogP contribution in [-0.4, -0.2) is 6.21 Å². The first-order valence-electron chi connectivity index (χ1n) is 19.4. The molecule has 0 saturated heterocycles. The van der Waals surface area contributed by atoms with Crippen LogP contribution < -0.4 is 10.4 Å². The molecule has 0 bridgehead atoms. The van der Waals surface area contributed by atoms with E-state index in [1.807, 2.05) is 68.5 Å². The molecule has 6 aromatic carbocycles. The fraction of sp³-hybridized carbons (Fsp3) is 0.0727. The van der Waals surface area contributed by atoms with Crippen LogP contribution >= 0.6 is 0 Å². The monoisotopic (exact) mass is 721 g/mol. The van der Waals surface area contributed by atoms with Gasteiger partial charge in [0.25, 0.3) is 0 Å². The molecule has 1 aliphatic rings. The molecule has 0 saturated carbocycles. The maximum absolute atomic E-state index is 4.57. The van der Waals surface area contributed by atoms with Crippen LogP contribution in [0.15, 0.2) is 218 Å². The van der Waals surface area contributed by atoms with Crippen LogP contribution in [0.25, 0.3) is 51.3 Å². The molecule has 1 aliphatic carbocycles. The van der Waals surface area contributed by atoms with Gasteiger partial charge in [-0.3, -0.25) is 4.99 Å². The van der Waals surface area contributed by atoms with Crippen molar-refractivity contribution in [1.82, 2.24) is 0 Å². The summed E-state index contributed by atoms with van der Waals surface area (Å²) < 4.78 is 0. The van der Waals surface area contributed by atoms with Crippen LogP contribution in [0.1, 0.15) is 42.5 Å². The molecule has 0 fully saturated rings. The van der Waals surface area contributed by atoms with Gasteiger partial charge in [-0.15, -0.1) is 0 Å². The average Bonchev–Trinajstić information content (AvgIpc) is 3.52. The Bertz CT molecular complexity index is 2710. The Balaban J connectivity index is 1.34. The van der Waals surface area contributed by atoms with Gasteiger partial charge in [0.1, 0.15) is 0 Å². The summed E-state index contributed by atoms with van der Waals surface area (Å²) in [6.07, 6.45) is 31.4. The molecule has 1 unspecified atom stereocenters. The topological polar surface area (TPSA) is 12.4 Å².